The second-order valence-electron chi connectivity index (χ2n) is 4.71. The number of hydrogen-bond donors (Lipinski definition) is 1. The molecule has 3 nitrogen and oxygen atoms in total. The smallest absolute Gasteiger partial charge is 0.0496 e. The maximum absolute atomic E-state index is 5.21. The van der Waals surface area contributed by atoms with Gasteiger partial charge in [0, 0.05) is 45.9 Å². The highest BCUT2D eigenvalue weighted by atomic mass is 16.5. The monoisotopic (exact) mass is 182 g/mol. The van der Waals surface area contributed by atoms with Gasteiger partial charge in [0.1, 0.15) is 0 Å². The Bertz CT molecular complexity index is 193. The van der Waals surface area contributed by atoms with Gasteiger partial charge < -0.3 is 10.1 Å². The molecule has 1 N–H and O–H groups in total. The molecule has 2 aliphatic heterocycles. The molecule has 2 saturated heterocycles. The average Bonchev–Trinajstić information content (AvgIpc) is 2.53. The SMILES string of the molecule is COCC1[C@H]2CN(C3CNC3)C[C@@H]12. The molecule has 1 unspecified atom stereocenters. The van der Waals surface area contributed by atoms with Crippen LogP contribution in [0.4, 0.5) is 0 Å². The third-order valence-electron chi connectivity index (χ3n) is 4.04. The minimum Gasteiger partial charge on any atom is -0.384 e. The van der Waals surface area contributed by atoms with Crippen LogP contribution in [0.15, 0.2) is 0 Å². The Hall–Kier alpha value is -0.120. The molecule has 3 fully saturated rings. The Morgan fingerprint density at radius 2 is 2.00 bits per heavy atom. The molecule has 0 bridgehead atoms. The van der Waals surface area contributed by atoms with Crippen LogP contribution in [0.1, 0.15) is 0 Å². The Morgan fingerprint density at radius 3 is 2.46 bits per heavy atom. The molecule has 1 aliphatic carbocycles. The number of likely N-dealkylation sites (tertiary alicyclic amines) is 1. The Balaban J connectivity index is 1.50. The van der Waals surface area contributed by atoms with Crippen molar-refractivity contribution < 1.29 is 4.74 Å². The fourth-order valence-corrected chi connectivity index (χ4v) is 2.95. The first-order valence-corrected chi connectivity index (χ1v) is 5.34. The largest absolute Gasteiger partial charge is 0.384 e. The van der Waals surface area contributed by atoms with E-state index in [0.29, 0.717) is 0 Å². The lowest BCUT2D eigenvalue weighted by Crippen LogP contribution is -2.57. The van der Waals surface area contributed by atoms with Crippen LogP contribution in [-0.4, -0.2) is 50.8 Å². The predicted molar refractivity (Wildman–Crippen MR) is 50.6 cm³/mol. The molecular formula is C10H18N2O. The molecule has 3 atom stereocenters. The molecule has 1 saturated carbocycles. The van der Waals surface area contributed by atoms with Crippen LogP contribution in [0, 0.1) is 17.8 Å². The molecule has 3 heteroatoms. The first-order valence-electron chi connectivity index (χ1n) is 5.34. The van der Waals surface area contributed by atoms with E-state index in [4.69, 9.17) is 4.74 Å². The fourth-order valence-electron chi connectivity index (χ4n) is 2.95. The van der Waals surface area contributed by atoms with Gasteiger partial charge in [0.05, 0.1) is 0 Å². The van der Waals surface area contributed by atoms with Gasteiger partial charge in [0.2, 0.25) is 0 Å². The summed E-state index contributed by atoms with van der Waals surface area (Å²) in [6, 6.07) is 0.857. The highest BCUT2D eigenvalue weighted by Gasteiger charge is 2.56. The van der Waals surface area contributed by atoms with E-state index in [9.17, 15) is 0 Å². The van der Waals surface area contributed by atoms with Gasteiger partial charge in [-0.25, -0.2) is 0 Å². The van der Waals surface area contributed by atoms with E-state index in [2.05, 4.69) is 10.2 Å². The molecule has 0 radical (unpaired) electrons. The molecule has 13 heavy (non-hydrogen) atoms. The number of hydrogen-bond acceptors (Lipinski definition) is 3. The molecule has 0 amide bonds. The van der Waals surface area contributed by atoms with Crippen molar-refractivity contribution in [2.75, 3.05) is 39.9 Å². The van der Waals surface area contributed by atoms with Crippen molar-refractivity contribution in [2.24, 2.45) is 17.8 Å². The summed E-state index contributed by atoms with van der Waals surface area (Å²) in [5.41, 5.74) is 0. The van der Waals surface area contributed by atoms with Gasteiger partial charge in [-0.1, -0.05) is 0 Å². The molecule has 74 valence electrons. The van der Waals surface area contributed by atoms with Crippen molar-refractivity contribution in [1.82, 2.24) is 10.2 Å². The quantitative estimate of drug-likeness (QED) is 0.653. The van der Waals surface area contributed by atoms with Crippen molar-refractivity contribution in [2.45, 2.75) is 6.04 Å². The molecule has 0 aromatic heterocycles. The molecule has 0 aromatic rings. The van der Waals surface area contributed by atoms with E-state index in [1.54, 1.807) is 0 Å². The normalized spacial score (nSPS) is 44.5. The highest BCUT2D eigenvalue weighted by Crippen LogP contribution is 2.52. The van der Waals surface area contributed by atoms with Crippen molar-refractivity contribution in [1.29, 1.82) is 0 Å². The minimum absolute atomic E-state index is 0.857. The van der Waals surface area contributed by atoms with E-state index in [1.165, 1.54) is 26.2 Å². The zero-order valence-corrected chi connectivity index (χ0v) is 8.20. The topological polar surface area (TPSA) is 24.5 Å². The predicted octanol–water partition coefficient (Wildman–Crippen LogP) is -0.218. The standard InChI is InChI=1S/C10H18N2O/c1-13-6-10-8-4-12(5-9(8)10)7-2-11-3-7/h7-11H,2-6H2,1H3/t8-,9+,10?. The van der Waals surface area contributed by atoms with E-state index in [1.807, 2.05) is 7.11 Å². The van der Waals surface area contributed by atoms with Crippen LogP contribution in [-0.2, 0) is 4.74 Å². The first kappa shape index (κ1) is 8.21. The second kappa shape index (κ2) is 2.94. The van der Waals surface area contributed by atoms with Crippen molar-refractivity contribution >= 4 is 0 Å². The lowest BCUT2D eigenvalue weighted by Gasteiger charge is -2.36. The second-order valence-corrected chi connectivity index (χ2v) is 4.71. The summed E-state index contributed by atoms with van der Waals surface area (Å²) in [5.74, 6) is 2.84. The lowest BCUT2D eigenvalue weighted by atomic mass is 10.1. The van der Waals surface area contributed by atoms with Gasteiger partial charge in [0.15, 0.2) is 0 Å². The molecule has 2 heterocycles. The van der Waals surface area contributed by atoms with Gasteiger partial charge in [0.25, 0.3) is 0 Å². The number of piperidine rings is 1. The van der Waals surface area contributed by atoms with Gasteiger partial charge in [-0.3, -0.25) is 4.90 Å². The van der Waals surface area contributed by atoms with Crippen molar-refractivity contribution in [3.63, 3.8) is 0 Å². The van der Waals surface area contributed by atoms with Gasteiger partial charge in [-0.05, 0) is 17.8 Å². The average molecular weight is 182 g/mol. The van der Waals surface area contributed by atoms with Crippen LogP contribution < -0.4 is 5.32 Å². The van der Waals surface area contributed by atoms with Crippen LogP contribution in [0.25, 0.3) is 0 Å². The Kier molecular flexibility index (Phi) is 1.86. The summed E-state index contributed by atoms with van der Waals surface area (Å²) >= 11 is 0. The molecule has 0 spiro atoms. The number of nitrogens with one attached hydrogen (secondary N) is 1. The third kappa shape index (κ3) is 1.22. The number of fused-ring (bicyclic) bond motifs is 1. The Morgan fingerprint density at radius 1 is 1.31 bits per heavy atom. The van der Waals surface area contributed by atoms with Crippen LogP contribution >= 0.6 is 0 Å². The minimum atomic E-state index is 0.857. The lowest BCUT2D eigenvalue weighted by molar-refractivity contribution is 0.127. The summed E-state index contributed by atoms with van der Waals surface area (Å²) in [6.45, 7) is 6.10. The molecule has 3 rings (SSSR count). The zero-order valence-electron chi connectivity index (χ0n) is 8.20. The maximum Gasteiger partial charge on any atom is 0.0496 e. The van der Waals surface area contributed by atoms with Gasteiger partial charge in [-0.15, -0.1) is 0 Å². The van der Waals surface area contributed by atoms with E-state index in [0.717, 1.165) is 30.4 Å². The molecule has 3 aliphatic rings. The van der Waals surface area contributed by atoms with Gasteiger partial charge in [-0.2, -0.15) is 0 Å². The fraction of sp³-hybridized carbons (Fsp3) is 1.00. The van der Waals surface area contributed by atoms with Crippen molar-refractivity contribution in [3.8, 4) is 0 Å². The van der Waals surface area contributed by atoms with Gasteiger partial charge >= 0.3 is 0 Å². The van der Waals surface area contributed by atoms with Crippen LogP contribution in [0.5, 0.6) is 0 Å². The summed E-state index contributed by atoms with van der Waals surface area (Å²) in [6.07, 6.45) is 0. The highest BCUT2D eigenvalue weighted by molar-refractivity contribution is 5.07. The summed E-state index contributed by atoms with van der Waals surface area (Å²) < 4.78 is 5.21. The number of rotatable bonds is 3. The Labute approximate surface area is 79.4 Å². The maximum atomic E-state index is 5.21. The number of methoxy groups -OCH3 is 1. The van der Waals surface area contributed by atoms with Crippen LogP contribution in [0.3, 0.4) is 0 Å². The molecular weight excluding hydrogens is 164 g/mol. The van der Waals surface area contributed by atoms with E-state index < -0.39 is 0 Å². The number of nitrogens with zero attached hydrogens (tertiary/aromatic N) is 1. The summed E-state index contributed by atoms with van der Waals surface area (Å²) in [4.78, 5) is 2.66. The van der Waals surface area contributed by atoms with Crippen LogP contribution in [0.2, 0.25) is 0 Å². The van der Waals surface area contributed by atoms with E-state index in [-0.39, 0.29) is 0 Å². The summed E-state index contributed by atoms with van der Waals surface area (Å²) in [5, 5.41) is 3.34. The van der Waals surface area contributed by atoms with E-state index >= 15 is 0 Å². The number of ether oxygens (including phenoxy) is 1. The third-order valence-corrected chi connectivity index (χ3v) is 4.04. The zero-order chi connectivity index (χ0) is 8.84. The summed E-state index contributed by atoms with van der Waals surface area (Å²) in [7, 11) is 1.82. The molecule has 0 aromatic carbocycles. The first-order chi connectivity index (χ1) is 6.40. The van der Waals surface area contributed by atoms with Crippen molar-refractivity contribution in [3.05, 3.63) is 0 Å².